The second-order valence-electron chi connectivity index (χ2n) is 5.29. The molecule has 0 saturated heterocycles. The first-order valence-corrected chi connectivity index (χ1v) is 7.37. The summed E-state index contributed by atoms with van der Waals surface area (Å²) in [5.41, 5.74) is 2.38. The first kappa shape index (κ1) is 14.1. The Labute approximate surface area is 136 Å². The lowest BCUT2D eigenvalue weighted by atomic mass is 10.1. The zero-order valence-electron chi connectivity index (χ0n) is 12.5. The van der Waals surface area contributed by atoms with Crippen LogP contribution in [-0.2, 0) is 0 Å². The summed E-state index contributed by atoms with van der Waals surface area (Å²) in [6.07, 6.45) is 4.44. The van der Waals surface area contributed by atoms with Crippen LogP contribution in [0.1, 0.15) is 5.56 Å². The van der Waals surface area contributed by atoms with Gasteiger partial charge in [-0.15, -0.1) is 10.2 Å². The van der Waals surface area contributed by atoms with Crippen LogP contribution in [0, 0.1) is 10.1 Å². The van der Waals surface area contributed by atoms with Crippen LogP contribution in [0.4, 0.5) is 5.69 Å². The maximum absolute atomic E-state index is 11.8. The standard InChI is InChI=1S/C18H12N4O2/c23-21-11-9-15(13-5-1-3-7-17(13)21)19-20-16-10-12-22(24)18-8-4-2-6-14(16)18/h1-12H. The number of rotatable bonds is 1. The van der Waals surface area contributed by atoms with Crippen LogP contribution in [0.15, 0.2) is 83.3 Å². The Kier molecular flexibility index (Phi) is 3.28. The molecule has 0 fully saturated rings. The second-order valence-corrected chi connectivity index (χ2v) is 5.29. The monoisotopic (exact) mass is 316 g/mol. The molecule has 4 rings (SSSR count). The van der Waals surface area contributed by atoms with Crippen molar-refractivity contribution in [2.45, 2.75) is 0 Å². The van der Waals surface area contributed by atoms with Crippen molar-refractivity contribution in [1.82, 2.24) is 4.73 Å². The van der Waals surface area contributed by atoms with Gasteiger partial charge >= 0.3 is 0 Å². The molecule has 3 aromatic rings. The van der Waals surface area contributed by atoms with Crippen LogP contribution < -0.4 is 5.36 Å². The van der Waals surface area contributed by atoms with Crippen molar-refractivity contribution in [3.05, 3.63) is 94.1 Å². The Morgan fingerprint density at radius 1 is 0.958 bits per heavy atom. The minimum atomic E-state index is 0.532. The molecule has 1 aliphatic heterocycles. The van der Waals surface area contributed by atoms with Crippen LogP contribution in [-0.4, -0.2) is 15.2 Å². The van der Waals surface area contributed by atoms with E-state index in [0.29, 0.717) is 22.3 Å². The number of nitroso groups, excluding NO2 is 1. The van der Waals surface area contributed by atoms with Crippen molar-refractivity contribution < 1.29 is 4.76 Å². The zero-order valence-corrected chi connectivity index (χ0v) is 12.5. The smallest absolute Gasteiger partial charge is 0.272 e. The van der Waals surface area contributed by atoms with E-state index in [4.69, 9.17) is 0 Å². The minimum absolute atomic E-state index is 0.532. The molecule has 2 heterocycles. The third-order valence-electron chi connectivity index (χ3n) is 3.84. The Bertz CT molecular complexity index is 1090. The van der Waals surface area contributed by atoms with Gasteiger partial charge in [-0.25, -0.2) is 0 Å². The molecule has 0 N–H and O–H groups in total. The summed E-state index contributed by atoms with van der Waals surface area (Å²) in [7, 11) is 0. The summed E-state index contributed by atoms with van der Waals surface area (Å²) in [6, 6.07) is 16.0. The third kappa shape index (κ3) is 2.30. The number of benzene rings is 2. The highest BCUT2D eigenvalue weighted by Gasteiger charge is 2.23. The zero-order chi connectivity index (χ0) is 16.5. The molecule has 1 aliphatic rings. The maximum Gasteiger partial charge on any atom is 0.272 e. The van der Waals surface area contributed by atoms with Crippen molar-refractivity contribution in [2.24, 2.45) is 10.2 Å². The molecule has 6 heteroatoms. The average molecular weight is 316 g/mol. The highest BCUT2D eigenvalue weighted by Crippen LogP contribution is 2.23. The molecule has 116 valence electrons. The van der Waals surface area contributed by atoms with Crippen molar-refractivity contribution in [2.75, 3.05) is 0 Å². The average Bonchev–Trinajstić information content (AvgIpc) is 2.63. The third-order valence-corrected chi connectivity index (χ3v) is 3.84. The number of hydrogen-bond donors (Lipinski definition) is 0. The van der Waals surface area contributed by atoms with Crippen LogP contribution in [0.5, 0.6) is 0 Å². The van der Waals surface area contributed by atoms with Gasteiger partial charge in [0, 0.05) is 34.1 Å². The predicted octanol–water partition coefficient (Wildman–Crippen LogP) is 3.23. The van der Waals surface area contributed by atoms with E-state index in [1.807, 2.05) is 24.3 Å². The fraction of sp³-hybridized carbons (Fsp3) is 0. The lowest BCUT2D eigenvalue weighted by Gasteiger charge is -2.13. The van der Waals surface area contributed by atoms with Gasteiger partial charge in [0.1, 0.15) is 5.71 Å². The van der Waals surface area contributed by atoms with E-state index in [1.54, 1.807) is 36.4 Å². The number of aromatic nitrogens is 1. The van der Waals surface area contributed by atoms with Crippen molar-refractivity contribution in [1.29, 1.82) is 0 Å². The Hall–Kier alpha value is -3.54. The van der Waals surface area contributed by atoms with E-state index in [0.717, 1.165) is 20.4 Å². The molecule has 6 nitrogen and oxygen atoms in total. The predicted molar refractivity (Wildman–Crippen MR) is 91.7 cm³/mol. The molecule has 1 aromatic heterocycles. The van der Waals surface area contributed by atoms with Crippen LogP contribution in [0.3, 0.4) is 0 Å². The van der Waals surface area contributed by atoms with Crippen LogP contribution >= 0.6 is 0 Å². The van der Waals surface area contributed by atoms with Gasteiger partial charge in [0.05, 0.1) is 15.7 Å². The molecule has 0 saturated carbocycles. The fourth-order valence-electron chi connectivity index (χ4n) is 2.66. The number of pyridine rings is 1. The van der Waals surface area contributed by atoms with E-state index >= 15 is 0 Å². The van der Waals surface area contributed by atoms with Crippen LogP contribution in [0.2, 0.25) is 0 Å². The van der Waals surface area contributed by atoms with E-state index < -0.39 is 0 Å². The van der Waals surface area contributed by atoms with Gasteiger partial charge < -0.3 is 9.94 Å². The van der Waals surface area contributed by atoms with Gasteiger partial charge in [0.2, 0.25) is 6.20 Å². The molecule has 0 radical (unpaired) electrons. The minimum Gasteiger partial charge on any atom is -0.806 e. The second kappa shape index (κ2) is 5.58. The SMILES string of the molecule is O=[N+]1C=CC(=NN=c2ccn([O-])c3ccccc23)c2ccccc21. The van der Waals surface area contributed by atoms with Crippen molar-refractivity contribution in [3.8, 4) is 0 Å². The first-order chi connectivity index (χ1) is 11.7. The molecule has 2 aromatic carbocycles. The topological polar surface area (TPSA) is 72.8 Å². The number of fused-ring (bicyclic) bond motifs is 2. The normalized spacial score (nSPS) is 15.9. The van der Waals surface area contributed by atoms with Gasteiger partial charge in [-0.1, -0.05) is 30.3 Å². The number of nitrogens with zero attached hydrogens (tertiary/aromatic N) is 4. The van der Waals surface area contributed by atoms with Gasteiger partial charge in [0.15, 0.2) is 0 Å². The summed E-state index contributed by atoms with van der Waals surface area (Å²) in [5.74, 6) is 0. The Morgan fingerprint density at radius 3 is 2.67 bits per heavy atom. The lowest BCUT2D eigenvalue weighted by molar-refractivity contribution is -0.385. The molecule has 0 aliphatic carbocycles. The van der Waals surface area contributed by atoms with Crippen LogP contribution in [0.25, 0.3) is 10.9 Å². The molecular weight excluding hydrogens is 304 g/mol. The first-order valence-electron chi connectivity index (χ1n) is 7.37. The number of allylic oxidation sites excluding steroid dienone is 1. The molecule has 0 bridgehead atoms. The summed E-state index contributed by atoms with van der Waals surface area (Å²) >= 11 is 0. The van der Waals surface area contributed by atoms with E-state index in [2.05, 4.69) is 10.2 Å². The maximum atomic E-state index is 11.8. The van der Waals surface area contributed by atoms with Gasteiger partial charge in [0.25, 0.3) is 5.69 Å². The number of hydrogen-bond acceptors (Lipinski definition) is 4. The molecule has 24 heavy (non-hydrogen) atoms. The van der Waals surface area contributed by atoms with Gasteiger partial charge in [-0.2, -0.15) is 0 Å². The molecule has 0 atom stereocenters. The Morgan fingerprint density at radius 2 is 1.75 bits per heavy atom. The van der Waals surface area contributed by atoms with Gasteiger partial charge in [-0.3, -0.25) is 0 Å². The molecule has 0 unspecified atom stereocenters. The van der Waals surface area contributed by atoms with E-state index in [1.165, 1.54) is 12.4 Å². The molecular formula is C18H12N4O2. The Balaban J connectivity index is 1.89. The highest BCUT2D eigenvalue weighted by molar-refractivity contribution is 6.11. The fourth-order valence-corrected chi connectivity index (χ4v) is 2.66. The van der Waals surface area contributed by atoms with E-state index in [9.17, 15) is 10.1 Å². The van der Waals surface area contributed by atoms with Crippen molar-refractivity contribution in [3.63, 3.8) is 0 Å². The van der Waals surface area contributed by atoms with E-state index in [-0.39, 0.29) is 0 Å². The largest absolute Gasteiger partial charge is 0.806 e. The van der Waals surface area contributed by atoms with Crippen molar-refractivity contribution >= 4 is 22.3 Å². The van der Waals surface area contributed by atoms with Gasteiger partial charge in [-0.05, 0) is 18.2 Å². The summed E-state index contributed by atoms with van der Waals surface area (Å²) in [5, 5.41) is 21.7. The summed E-state index contributed by atoms with van der Waals surface area (Å²) in [6.45, 7) is 0. The lowest BCUT2D eigenvalue weighted by Crippen LogP contribution is -2.10. The quantitative estimate of drug-likeness (QED) is 0.510. The number of para-hydroxylation sites is 2. The summed E-state index contributed by atoms with van der Waals surface area (Å²) < 4.78 is 1.60. The summed E-state index contributed by atoms with van der Waals surface area (Å²) in [4.78, 5) is 11.8. The molecule has 0 spiro atoms. The molecule has 0 amide bonds. The highest BCUT2D eigenvalue weighted by atomic mass is 16.5.